The summed E-state index contributed by atoms with van der Waals surface area (Å²) in [5.41, 5.74) is 0.407. The quantitative estimate of drug-likeness (QED) is 0.348. The van der Waals surface area contributed by atoms with Gasteiger partial charge in [-0.2, -0.15) is 0 Å². The van der Waals surface area contributed by atoms with Crippen LogP contribution >= 0.6 is 0 Å². The highest BCUT2D eigenvalue weighted by atomic mass is 16.6. The van der Waals surface area contributed by atoms with E-state index in [0.717, 1.165) is 12.7 Å². The van der Waals surface area contributed by atoms with Crippen molar-refractivity contribution in [3.63, 3.8) is 0 Å². The Hall–Kier alpha value is -2.90. The maximum absolute atomic E-state index is 12.0. The highest BCUT2D eigenvalue weighted by Gasteiger charge is 2.41. The molecule has 1 aliphatic heterocycles. The lowest BCUT2D eigenvalue weighted by molar-refractivity contribution is -0.423. The monoisotopic (exact) mass is 334 g/mol. The normalized spacial score (nSPS) is 18.9. The van der Waals surface area contributed by atoms with Gasteiger partial charge in [0, 0.05) is 6.54 Å². The van der Waals surface area contributed by atoms with Crippen LogP contribution in [0.5, 0.6) is 0 Å². The van der Waals surface area contributed by atoms with Crippen molar-refractivity contribution in [2.45, 2.75) is 25.4 Å². The van der Waals surface area contributed by atoms with E-state index in [1.54, 1.807) is 4.90 Å². The maximum Gasteiger partial charge on any atom is 0.411 e. The first-order chi connectivity index (χ1) is 11.5. The second-order valence-corrected chi connectivity index (χ2v) is 5.24. The first-order valence-electron chi connectivity index (χ1n) is 7.33. The number of likely N-dealkylation sites (tertiary alicyclic amines) is 1. The predicted octanol–water partition coefficient (Wildman–Crippen LogP) is 1.49. The number of nitro groups is 1. The lowest BCUT2D eigenvalue weighted by atomic mass is 10.2. The summed E-state index contributed by atoms with van der Waals surface area (Å²) in [6, 6.07) is 8.51. The molecule has 0 saturated carbocycles. The van der Waals surface area contributed by atoms with Crippen LogP contribution in [0.25, 0.3) is 0 Å². The Morgan fingerprint density at radius 1 is 1.25 bits per heavy atom. The third-order valence-corrected chi connectivity index (χ3v) is 3.88. The Morgan fingerprint density at radius 3 is 2.46 bits per heavy atom. The Bertz CT molecular complexity index is 670. The Morgan fingerprint density at radius 2 is 1.92 bits per heavy atom. The lowest BCUT2D eigenvalue weighted by Crippen LogP contribution is -2.37. The van der Waals surface area contributed by atoms with Crippen molar-refractivity contribution < 1.29 is 24.0 Å². The number of carbonyl (C=O) groups is 2. The van der Waals surface area contributed by atoms with Gasteiger partial charge in [-0.05, 0) is 18.4 Å². The van der Waals surface area contributed by atoms with E-state index in [0.29, 0.717) is 6.42 Å². The Balaban J connectivity index is 2.47. The molecule has 8 nitrogen and oxygen atoms in total. The van der Waals surface area contributed by atoms with Crippen molar-refractivity contribution in [1.82, 2.24) is 4.90 Å². The Labute approximate surface area is 138 Å². The van der Waals surface area contributed by atoms with E-state index in [2.05, 4.69) is 4.74 Å². The average Bonchev–Trinajstić information content (AvgIpc) is 2.98. The largest absolute Gasteiger partial charge is 0.467 e. The average molecular weight is 334 g/mol. The summed E-state index contributed by atoms with van der Waals surface area (Å²) < 4.78 is 9.31. The minimum atomic E-state index is -1.03. The number of benzene rings is 1. The van der Waals surface area contributed by atoms with Gasteiger partial charge in [-0.15, -0.1) is 0 Å². The second kappa shape index (κ2) is 7.58. The molecule has 0 radical (unpaired) electrons. The van der Waals surface area contributed by atoms with E-state index in [-0.39, 0.29) is 18.7 Å². The van der Waals surface area contributed by atoms with Crippen molar-refractivity contribution in [3.8, 4) is 0 Å². The van der Waals surface area contributed by atoms with Gasteiger partial charge in [0.25, 0.3) is 0 Å². The molecule has 0 bridgehead atoms. The molecule has 0 N–H and O–H groups in total. The number of hydrogen-bond donors (Lipinski definition) is 0. The molecule has 1 atom stereocenters. The highest BCUT2D eigenvalue weighted by Crippen LogP contribution is 2.33. The molecule has 24 heavy (non-hydrogen) atoms. The molecule has 0 spiro atoms. The molecule has 2 rings (SSSR count). The molecule has 1 aromatic carbocycles. The minimum Gasteiger partial charge on any atom is -0.467 e. The van der Waals surface area contributed by atoms with Crippen LogP contribution in [-0.4, -0.2) is 42.0 Å². The van der Waals surface area contributed by atoms with Crippen LogP contribution in [0.15, 0.2) is 41.7 Å². The standard InChI is InChI=1S/C16H18N2O6/c1-23-15(19)13-9-8-12(14(18(21)22)16(20)24-2)17(13)10-11-6-4-3-5-7-11/h3-7,13H,8-10H2,1-2H3/b14-12-. The van der Waals surface area contributed by atoms with Crippen LogP contribution in [0.2, 0.25) is 0 Å². The molecule has 1 fully saturated rings. The molecule has 0 aromatic heterocycles. The van der Waals surface area contributed by atoms with Crippen LogP contribution in [0.1, 0.15) is 18.4 Å². The number of nitrogens with zero attached hydrogens (tertiary/aromatic N) is 2. The van der Waals surface area contributed by atoms with Gasteiger partial charge in [0.2, 0.25) is 0 Å². The zero-order chi connectivity index (χ0) is 17.7. The zero-order valence-electron chi connectivity index (χ0n) is 13.4. The van der Waals surface area contributed by atoms with Crippen molar-refractivity contribution in [2.24, 2.45) is 0 Å². The first-order valence-corrected chi connectivity index (χ1v) is 7.33. The predicted molar refractivity (Wildman–Crippen MR) is 83.1 cm³/mol. The summed E-state index contributed by atoms with van der Waals surface area (Å²) >= 11 is 0. The lowest BCUT2D eigenvalue weighted by Gasteiger charge is -2.25. The van der Waals surface area contributed by atoms with E-state index in [9.17, 15) is 19.7 Å². The van der Waals surface area contributed by atoms with E-state index in [1.165, 1.54) is 7.11 Å². The van der Waals surface area contributed by atoms with Crippen LogP contribution in [0.4, 0.5) is 0 Å². The molecule has 1 heterocycles. The molecule has 1 saturated heterocycles. The molecular formula is C16H18N2O6. The molecule has 1 aromatic rings. The maximum atomic E-state index is 12.0. The highest BCUT2D eigenvalue weighted by molar-refractivity contribution is 5.87. The third-order valence-electron chi connectivity index (χ3n) is 3.88. The zero-order valence-corrected chi connectivity index (χ0v) is 13.4. The molecule has 0 amide bonds. The van der Waals surface area contributed by atoms with Gasteiger partial charge >= 0.3 is 17.6 Å². The van der Waals surface area contributed by atoms with E-state index in [1.807, 2.05) is 30.3 Å². The fourth-order valence-corrected chi connectivity index (χ4v) is 2.78. The topological polar surface area (TPSA) is 99.0 Å². The van der Waals surface area contributed by atoms with Crippen molar-refractivity contribution in [2.75, 3.05) is 14.2 Å². The molecule has 128 valence electrons. The van der Waals surface area contributed by atoms with Gasteiger partial charge in [0.15, 0.2) is 0 Å². The van der Waals surface area contributed by atoms with Gasteiger partial charge in [0.1, 0.15) is 11.7 Å². The van der Waals surface area contributed by atoms with Crippen molar-refractivity contribution >= 4 is 11.9 Å². The first kappa shape index (κ1) is 17.5. The van der Waals surface area contributed by atoms with Gasteiger partial charge in [-0.1, -0.05) is 30.3 Å². The van der Waals surface area contributed by atoms with Gasteiger partial charge < -0.3 is 14.4 Å². The smallest absolute Gasteiger partial charge is 0.411 e. The summed E-state index contributed by atoms with van der Waals surface area (Å²) in [6.45, 7) is 0.254. The summed E-state index contributed by atoms with van der Waals surface area (Å²) in [7, 11) is 2.35. The number of carbonyl (C=O) groups excluding carboxylic acids is 2. The SMILES string of the molecule is COC(=O)/C(=C1\CCC(C(=O)OC)N1Cc1ccccc1)[N+](=O)[O-]. The van der Waals surface area contributed by atoms with Gasteiger partial charge in [-0.25, -0.2) is 9.59 Å². The summed E-state index contributed by atoms with van der Waals surface area (Å²) in [5.74, 6) is -1.52. The number of methoxy groups -OCH3 is 2. The van der Waals surface area contributed by atoms with E-state index < -0.39 is 28.6 Å². The Kier molecular flexibility index (Phi) is 5.51. The molecular weight excluding hydrogens is 316 g/mol. The number of esters is 2. The molecule has 0 aliphatic carbocycles. The molecule has 1 unspecified atom stereocenters. The summed E-state index contributed by atoms with van der Waals surface area (Å²) in [4.78, 5) is 36.0. The number of allylic oxidation sites excluding steroid dienone is 1. The fourth-order valence-electron chi connectivity index (χ4n) is 2.78. The second-order valence-electron chi connectivity index (χ2n) is 5.24. The third kappa shape index (κ3) is 3.53. The van der Waals surface area contributed by atoms with Crippen molar-refractivity contribution in [1.29, 1.82) is 0 Å². The minimum absolute atomic E-state index is 0.186. The van der Waals surface area contributed by atoms with Gasteiger partial charge in [0.05, 0.1) is 19.1 Å². The van der Waals surface area contributed by atoms with Crippen LogP contribution in [-0.2, 0) is 25.6 Å². The van der Waals surface area contributed by atoms with E-state index >= 15 is 0 Å². The van der Waals surface area contributed by atoms with Crippen LogP contribution in [0, 0.1) is 10.1 Å². The number of ether oxygens (including phenoxy) is 2. The van der Waals surface area contributed by atoms with Crippen LogP contribution < -0.4 is 0 Å². The number of hydrogen-bond acceptors (Lipinski definition) is 7. The van der Waals surface area contributed by atoms with Gasteiger partial charge in [-0.3, -0.25) is 10.1 Å². The number of rotatable bonds is 5. The van der Waals surface area contributed by atoms with E-state index in [4.69, 9.17) is 4.74 Å². The summed E-state index contributed by atoms with van der Waals surface area (Å²) in [5, 5.41) is 11.3. The van der Waals surface area contributed by atoms with Crippen LogP contribution in [0.3, 0.4) is 0 Å². The fraction of sp³-hybridized carbons (Fsp3) is 0.375. The molecule has 1 aliphatic rings. The molecule has 8 heteroatoms. The van der Waals surface area contributed by atoms with Crippen molar-refractivity contribution in [3.05, 3.63) is 57.4 Å². The summed E-state index contributed by atoms with van der Waals surface area (Å²) in [6.07, 6.45) is 0.557.